The first kappa shape index (κ1) is 15.8. The minimum absolute atomic E-state index is 0. The van der Waals surface area contributed by atoms with Crippen LogP contribution in [0.3, 0.4) is 0 Å². The molecule has 1 fully saturated rings. The summed E-state index contributed by atoms with van der Waals surface area (Å²) in [7, 11) is 0. The average Bonchev–Trinajstić information content (AvgIpc) is 3.10. The summed E-state index contributed by atoms with van der Waals surface area (Å²) in [6.07, 6.45) is 0.938. The summed E-state index contributed by atoms with van der Waals surface area (Å²) in [5, 5.41) is 10.6. The zero-order chi connectivity index (χ0) is 13.9. The predicted molar refractivity (Wildman–Crippen MR) is 82.9 cm³/mol. The van der Waals surface area contributed by atoms with Gasteiger partial charge in [-0.3, -0.25) is 4.79 Å². The quantitative estimate of drug-likeness (QED) is 0.908. The van der Waals surface area contributed by atoms with Crippen LogP contribution in [0.15, 0.2) is 34.9 Å². The molecule has 1 saturated heterocycles. The largest absolute Gasteiger partial charge is 0.355 e. The van der Waals surface area contributed by atoms with Crippen molar-refractivity contribution in [2.75, 3.05) is 13.1 Å². The Balaban J connectivity index is 0.00000161. The number of nitrogens with zero attached hydrogens (tertiary/aromatic N) is 1. The van der Waals surface area contributed by atoms with E-state index in [2.05, 4.69) is 15.8 Å². The fourth-order valence-corrected chi connectivity index (χ4v) is 2.30. The Morgan fingerprint density at radius 2 is 2.14 bits per heavy atom. The van der Waals surface area contributed by atoms with Crippen molar-refractivity contribution in [1.82, 2.24) is 15.8 Å². The number of rotatable bonds is 3. The molecule has 1 aromatic heterocycles. The number of aromatic nitrogens is 1. The fraction of sp³-hybridized carbons (Fsp3) is 0.286. The van der Waals surface area contributed by atoms with Gasteiger partial charge in [0, 0.05) is 29.2 Å². The second-order valence-corrected chi connectivity index (χ2v) is 5.18. The summed E-state index contributed by atoms with van der Waals surface area (Å²) in [6.45, 7) is 1.73. The number of nitrogens with one attached hydrogen (secondary N) is 2. The minimum atomic E-state index is -0.206. The summed E-state index contributed by atoms with van der Waals surface area (Å²) in [5.41, 5.74) is 1.13. The van der Waals surface area contributed by atoms with Gasteiger partial charge < -0.3 is 15.2 Å². The Morgan fingerprint density at radius 1 is 1.38 bits per heavy atom. The standard InChI is InChI=1S/C14H14ClN3O2.ClH/c15-10-3-1-9(2-4-10)13-7-12(18-20-13)14(19)17-11-5-6-16-8-11;/h1-4,7,11,16H,5-6,8H2,(H,17,19);1H. The normalized spacial score (nSPS) is 17.3. The lowest BCUT2D eigenvalue weighted by Crippen LogP contribution is -2.36. The summed E-state index contributed by atoms with van der Waals surface area (Å²) in [6, 6.07) is 8.99. The van der Waals surface area contributed by atoms with Gasteiger partial charge in [0.05, 0.1) is 0 Å². The molecule has 0 aliphatic carbocycles. The predicted octanol–water partition coefficient (Wildman–Crippen LogP) is 2.51. The number of carbonyl (C=O) groups is 1. The average molecular weight is 328 g/mol. The molecule has 112 valence electrons. The van der Waals surface area contributed by atoms with Crippen molar-refractivity contribution >= 4 is 29.9 Å². The second kappa shape index (κ2) is 6.93. The summed E-state index contributed by atoms with van der Waals surface area (Å²) in [4.78, 5) is 12.0. The van der Waals surface area contributed by atoms with Crippen LogP contribution in [0.25, 0.3) is 11.3 Å². The Kier molecular flexibility index (Phi) is 5.22. The third-order valence-corrected chi connectivity index (χ3v) is 3.52. The van der Waals surface area contributed by atoms with Crippen LogP contribution in [0.4, 0.5) is 0 Å². The molecule has 0 saturated carbocycles. The number of hydrogen-bond donors (Lipinski definition) is 2. The Labute approximate surface area is 133 Å². The van der Waals surface area contributed by atoms with Gasteiger partial charge in [-0.1, -0.05) is 16.8 Å². The van der Waals surface area contributed by atoms with Gasteiger partial charge in [0.2, 0.25) is 0 Å². The Bertz CT molecular complexity index is 607. The van der Waals surface area contributed by atoms with E-state index in [0.29, 0.717) is 16.5 Å². The highest BCUT2D eigenvalue weighted by Gasteiger charge is 2.20. The molecule has 5 nitrogen and oxygen atoms in total. The highest BCUT2D eigenvalue weighted by molar-refractivity contribution is 6.30. The highest BCUT2D eigenvalue weighted by atomic mass is 35.5. The number of amides is 1. The van der Waals surface area contributed by atoms with Gasteiger partial charge in [-0.05, 0) is 37.2 Å². The lowest BCUT2D eigenvalue weighted by molar-refractivity contribution is 0.0931. The van der Waals surface area contributed by atoms with Crippen molar-refractivity contribution < 1.29 is 9.32 Å². The summed E-state index contributed by atoms with van der Waals surface area (Å²) in [5.74, 6) is 0.346. The van der Waals surface area contributed by atoms with Crippen molar-refractivity contribution in [1.29, 1.82) is 0 Å². The zero-order valence-corrected chi connectivity index (χ0v) is 12.7. The molecular formula is C14H15Cl2N3O2. The summed E-state index contributed by atoms with van der Waals surface area (Å²) < 4.78 is 5.21. The van der Waals surface area contributed by atoms with E-state index in [1.807, 2.05) is 12.1 Å². The molecule has 21 heavy (non-hydrogen) atoms. The third-order valence-electron chi connectivity index (χ3n) is 3.27. The van der Waals surface area contributed by atoms with Crippen molar-refractivity contribution in [3.05, 3.63) is 41.0 Å². The maximum atomic E-state index is 12.0. The fourth-order valence-electron chi connectivity index (χ4n) is 2.17. The smallest absolute Gasteiger partial charge is 0.273 e. The van der Waals surface area contributed by atoms with Gasteiger partial charge in [-0.2, -0.15) is 0 Å². The lowest BCUT2D eigenvalue weighted by Gasteiger charge is -2.08. The number of benzene rings is 1. The van der Waals surface area contributed by atoms with Crippen LogP contribution in [0.5, 0.6) is 0 Å². The maximum absolute atomic E-state index is 12.0. The van der Waals surface area contributed by atoms with Crippen LogP contribution in [0, 0.1) is 0 Å². The van der Waals surface area contributed by atoms with E-state index in [1.165, 1.54) is 0 Å². The van der Waals surface area contributed by atoms with E-state index < -0.39 is 0 Å². The first-order chi connectivity index (χ1) is 9.72. The second-order valence-electron chi connectivity index (χ2n) is 4.75. The Hall–Kier alpha value is -1.56. The number of hydrogen-bond acceptors (Lipinski definition) is 4. The zero-order valence-electron chi connectivity index (χ0n) is 11.1. The molecule has 2 aromatic rings. The van der Waals surface area contributed by atoms with Crippen LogP contribution >= 0.6 is 24.0 Å². The molecule has 0 radical (unpaired) electrons. The monoisotopic (exact) mass is 327 g/mol. The van der Waals surface area contributed by atoms with E-state index in [0.717, 1.165) is 25.1 Å². The molecule has 1 aromatic carbocycles. The lowest BCUT2D eigenvalue weighted by atomic mass is 10.1. The van der Waals surface area contributed by atoms with Crippen molar-refractivity contribution in [2.24, 2.45) is 0 Å². The molecule has 3 rings (SSSR count). The molecule has 2 N–H and O–H groups in total. The molecule has 0 spiro atoms. The first-order valence-electron chi connectivity index (χ1n) is 6.46. The van der Waals surface area contributed by atoms with Crippen molar-refractivity contribution in [3.63, 3.8) is 0 Å². The van der Waals surface area contributed by atoms with Crippen LogP contribution in [0.2, 0.25) is 5.02 Å². The van der Waals surface area contributed by atoms with Gasteiger partial charge in [-0.15, -0.1) is 12.4 Å². The molecule has 1 amide bonds. The van der Waals surface area contributed by atoms with E-state index in [-0.39, 0.29) is 24.4 Å². The van der Waals surface area contributed by atoms with Crippen LogP contribution in [0.1, 0.15) is 16.9 Å². The van der Waals surface area contributed by atoms with E-state index in [9.17, 15) is 4.79 Å². The van der Waals surface area contributed by atoms with E-state index >= 15 is 0 Å². The highest BCUT2D eigenvalue weighted by Crippen LogP contribution is 2.22. The van der Waals surface area contributed by atoms with Gasteiger partial charge in [0.15, 0.2) is 11.5 Å². The number of carbonyl (C=O) groups excluding carboxylic acids is 1. The third kappa shape index (κ3) is 3.75. The van der Waals surface area contributed by atoms with E-state index in [4.69, 9.17) is 16.1 Å². The SMILES string of the molecule is Cl.O=C(NC1CCNC1)c1cc(-c2ccc(Cl)cc2)on1. The molecule has 1 aliphatic heterocycles. The molecule has 1 atom stereocenters. The molecule has 0 bridgehead atoms. The van der Waals surface area contributed by atoms with Crippen molar-refractivity contribution in [3.8, 4) is 11.3 Å². The van der Waals surface area contributed by atoms with Gasteiger partial charge in [0.25, 0.3) is 5.91 Å². The Morgan fingerprint density at radius 3 is 2.81 bits per heavy atom. The maximum Gasteiger partial charge on any atom is 0.273 e. The molecular weight excluding hydrogens is 313 g/mol. The molecule has 1 aliphatic rings. The molecule has 7 heteroatoms. The van der Waals surface area contributed by atoms with Crippen LogP contribution < -0.4 is 10.6 Å². The van der Waals surface area contributed by atoms with E-state index in [1.54, 1.807) is 18.2 Å². The van der Waals surface area contributed by atoms with Crippen LogP contribution in [-0.4, -0.2) is 30.2 Å². The van der Waals surface area contributed by atoms with Crippen LogP contribution in [-0.2, 0) is 0 Å². The first-order valence-corrected chi connectivity index (χ1v) is 6.84. The van der Waals surface area contributed by atoms with Gasteiger partial charge in [-0.25, -0.2) is 0 Å². The van der Waals surface area contributed by atoms with Gasteiger partial charge in [0.1, 0.15) is 0 Å². The minimum Gasteiger partial charge on any atom is -0.355 e. The topological polar surface area (TPSA) is 67.2 Å². The van der Waals surface area contributed by atoms with Gasteiger partial charge >= 0.3 is 0 Å². The number of halogens is 2. The molecule has 1 unspecified atom stereocenters. The van der Waals surface area contributed by atoms with Crippen molar-refractivity contribution in [2.45, 2.75) is 12.5 Å². The molecule has 2 heterocycles. The summed E-state index contributed by atoms with van der Waals surface area (Å²) >= 11 is 5.83.